The fraction of sp³-hybridized carbons (Fsp3) is 0.450. The largest absolute Gasteiger partial charge is 0.543 e. The minimum absolute atomic E-state index is 0.0586. The number of quaternary nitrogens is 1. The van der Waals surface area contributed by atoms with Crippen LogP contribution in [0.3, 0.4) is 0 Å². The Hall–Kier alpha value is -3.50. The molecule has 0 saturated carbocycles. The number of carbonyl (C=O) groups is 4. The van der Waals surface area contributed by atoms with Crippen molar-refractivity contribution in [3.8, 4) is 0 Å². The molecule has 2 aliphatic heterocycles. The molecule has 16 heteroatoms. The van der Waals surface area contributed by atoms with E-state index >= 15 is 0 Å². The number of oxime groups is 1. The maximum absolute atomic E-state index is 12.9. The Morgan fingerprint density at radius 2 is 2.11 bits per heavy atom. The van der Waals surface area contributed by atoms with E-state index in [0.29, 0.717) is 23.1 Å². The van der Waals surface area contributed by atoms with Crippen molar-refractivity contribution in [2.75, 3.05) is 45.8 Å². The van der Waals surface area contributed by atoms with Gasteiger partial charge in [0, 0.05) is 17.3 Å². The zero-order valence-corrected chi connectivity index (χ0v) is 21.4. The number of amides is 3. The first-order valence-electron chi connectivity index (χ1n) is 10.6. The van der Waals surface area contributed by atoms with Crippen molar-refractivity contribution < 1.29 is 33.6 Å². The summed E-state index contributed by atoms with van der Waals surface area (Å²) in [5.41, 5.74) is 10.7. The van der Waals surface area contributed by atoms with Gasteiger partial charge in [0.25, 0.3) is 11.8 Å². The summed E-state index contributed by atoms with van der Waals surface area (Å²) in [7, 11) is 5.06. The fourth-order valence-corrected chi connectivity index (χ4v) is 5.31. The van der Waals surface area contributed by atoms with E-state index in [2.05, 4.69) is 19.8 Å². The molecule has 3 heterocycles. The number of hydrogen-bond acceptors (Lipinski definition) is 12. The first kappa shape index (κ1) is 27.1. The second-order valence-corrected chi connectivity index (χ2v) is 10.4. The first-order valence-corrected chi connectivity index (χ1v) is 12.4. The molecule has 1 aromatic rings. The number of fused-ring (bicyclic) bond motifs is 1. The lowest BCUT2D eigenvalue weighted by Gasteiger charge is -2.50. The van der Waals surface area contributed by atoms with Crippen LogP contribution in [0.25, 0.3) is 0 Å². The van der Waals surface area contributed by atoms with Gasteiger partial charge in [-0.3, -0.25) is 19.3 Å². The SMILES string of the molecule is CO/N=C(\C(=O)N[C@@H]1C(=O)N2C(C(=O)[O-])=C(/C=C/C[N+](C)(C)CCC(N)=O)CS[C@@H]12)c1nsc(N)n1. The lowest BCUT2D eigenvalue weighted by atomic mass is 10.0. The maximum atomic E-state index is 12.9. The van der Waals surface area contributed by atoms with Gasteiger partial charge in [0.05, 0.1) is 45.3 Å². The molecule has 0 bridgehead atoms. The second kappa shape index (κ2) is 11.0. The number of likely N-dealkylation sites (N-methyl/N-ethyl adjacent to an activating group) is 1. The molecule has 0 radical (unpaired) electrons. The number of primary amides is 1. The molecule has 0 unspecified atom stereocenters. The van der Waals surface area contributed by atoms with Gasteiger partial charge >= 0.3 is 0 Å². The van der Waals surface area contributed by atoms with Crippen LogP contribution in [-0.4, -0.2) is 99.6 Å². The van der Waals surface area contributed by atoms with Gasteiger partial charge in [-0.1, -0.05) is 11.2 Å². The van der Waals surface area contributed by atoms with Crippen LogP contribution in [0.15, 0.2) is 28.6 Å². The quantitative estimate of drug-likeness (QED) is 0.116. The number of rotatable bonds is 11. The normalized spacial score (nSPS) is 20.2. The Morgan fingerprint density at radius 3 is 2.69 bits per heavy atom. The lowest BCUT2D eigenvalue weighted by molar-refractivity contribution is -0.883. The van der Waals surface area contributed by atoms with Gasteiger partial charge < -0.3 is 36.0 Å². The molecule has 0 spiro atoms. The number of aromatic nitrogens is 2. The van der Waals surface area contributed by atoms with Crippen LogP contribution >= 0.6 is 23.3 Å². The van der Waals surface area contributed by atoms with Gasteiger partial charge in [0.1, 0.15) is 18.5 Å². The summed E-state index contributed by atoms with van der Waals surface area (Å²) < 4.78 is 4.39. The van der Waals surface area contributed by atoms with Crippen LogP contribution in [0.1, 0.15) is 12.2 Å². The van der Waals surface area contributed by atoms with Gasteiger partial charge in [-0.2, -0.15) is 9.36 Å². The Kier molecular flexibility index (Phi) is 8.31. The number of aliphatic carboxylic acids is 1. The molecule has 36 heavy (non-hydrogen) atoms. The number of β-lactam (4-membered cyclic amide) rings is 1. The molecule has 2 aliphatic rings. The van der Waals surface area contributed by atoms with Crippen LogP contribution in [0.5, 0.6) is 0 Å². The van der Waals surface area contributed by atoms with Crippen molar-refractivity contribution in [3.63, 3.8) is 0 Å². The van der Waals surface area contributed by atoms with Crippen LogP contribution in [-0.2, 0) is 24.0 Å². The Morgan fingerprint density at radius 1 is 1.39 bits per heavy atom. The molecule has 5 N–H and O–H groups in total. The molecular weight excluding hydrogens is 512 g/mol. The third-order valence-electron chi connectivity index (χ3n) is 5.41. The van der Waals surface area contributed by atoms with Crippen molar-refractivity contribution in [1.82, 2.24) is 19.6 Å². The maximum Gasteiger partial charge on any atom is 0.278 e. The second-order valence-electron chi connectivity index (χ2n) is 8.56. The van der Waals surface area contributed by atoms with Crippen molar-refractivity contribution in [1.29, 1.82) is 0 Å². The lowest BCUT2D eigenvalue weighted by Crippen LogP contribution is -2.71. The molecule has 1 aromatic heterocycles. The topological polar surface area (TPSA) is 206 Å². The number of nitrogens with zero attached hydrogens (tertiary/aromatic N) is 5. The molecule has 0 aliphatic carbocycles. The zero-order valence-electron chi connectivity index (χ0n) is 19.8. The van der Waals surface area contributed by atoms with Crippen molar-refractivity contribution in [3.05, 3.63) is 29.2 Å². The summed E-state index contributed by atoms with van der Waals surface area (Å²) in [4.78, 5) is 58.3. The number of thioether (sulfide) groups is 1. The summed E-state index contributed by atoms with van der Waals surface area (Å²) >= 11 is 2.16. The molecule has 194 valence electrons. The predicted octanol–water partition coefficient (Wildman–Crippen LogP) is -2.62. The standard InChI is InChI=1S/C20H26N8O6S2/c1-28(2,8-6-11(21)29)7-4-5-10-9-35-18-13(17(31)27(18)14(10)19(32)33)23-16(30)12(25-34-3)15-24-20(22)36-26-15/h4-5,13,18H,6-9H2,1-3H3,(H5-,21,22,23,24,26,29,30,32,33)/b5-4+,25-12-/t13-,18+/m1/s1. The highest BCUT2D eigenvalue weighted by molar-refractivity contribution is 8.00. The Balaban J connectivity index is 1.73. The average Bonchev–Trinajstić information content (AvgIpc) is 3.24. The highest BCUT2D eigenvalue weighted by atomic mass is 32.2. The van der Waals surface area contributed by atoms with Gasteiger partial charge in [-0.15, -0.1) is 11.8 Å². The van der Waals surface area contributed by atoms with E-state index in [0.717, 1.165) is 16.4 Å². The van der Waals surface area contributed by atoms with Crippen LogP contribution in [0.4, 0.5) is 5.13 Å². The van der Waals surface area contributed by atoms with Crippen molar-refractivity contribution in [2.45, 2.75) is 17.8 Å². The number of nitrogens with one attached hydrogen (secondary N) is 1. The van der Waals surface area contributed by atoms with E-state index in [4.69, 9.17) is 16.3 Å². The van der Waals surface area contributed by atoms with E-state index < -0.39 is 35.1 Å². The zero-order chi connectivity index (χ0) is 26.6. The number of allylic oxidation sites excluding steroid dienone is 1. The third kappa shape index (κ3) is 6.00. The summed E-state index contributed by atoms with van der Waals surface area (Å²) in [6.07, 6.45) is 3.65. The number of carbonyl (C=O) groups excluding carboxylic acids is 4. The van der Waals surface area contributed by atoms with Crippen LogP contribution < -0.4 is 21.9 Å². The van der Waals surface area contributed by atoms with E-state index in [1.165, 1.54) is 18.9 Å². The predicted molar refractivity (Wildman–Crippen MR) is 130 cm³/mol. The van der Waals surface area contributed by atoms with Gasteiger partial charge in [-0.05, 0) is 11.6 Å². The van der Waals surface area contributed by atoms with E-state index in [1.807, 2.05) is 14.1 Å². The number of carboxylic acid groups (broad SMARTS) is 1. The van der Waals surface area contributed by atoms with E-state index in [9.17, 15) is 24.3 Å². The van der Waals surface area contributed by atoms with Gasteiger partial charge in [0.2, 0.25) is 17.4 Å². The first-order chi connectivity index (χ1) is 16.9. The molecule has 1 saturated heterocycles. The van der Waals surface area contributed by atoms with Crippen LogP contribution in [0.2, 0.25) is 0 Å². The molecule has 3 amide bonds. The van der Waals surface area contributed by atoms with E-state index in [-0.39, 0.29) is 34.5 Å². The fourth-order valence-electron chi connectivity index (χ4n) is 3.56. The Labute approximate surface area is 214 Å². The molecule has 0 aromatic carbocycles. The number of nitrogens with two attached hydrogens (primary N) is 2. The monoisotopic (exact) mass is 538 g/mol. The number of carboxylic acids is 1. The minimum Gasteiger partial charge on any atom is -0.543 e. The van der Waals surface area contributed by atoms with Gasteiger partial charge in [0.15, 0.2) is 5.13 Å². The summed E-state index contributed by atoms with van der Waals surface area (Å²) in [5.74, 6) is -3.05. The highest BCUT2D eigenvalue weighted by Gasteiger charge is 2.53. The summed E-state index contributed by atoms with van der Waals surface area (Å²) in [6, 6.07) is -0.996. The van der Waals surface area contributed by atoms with Crippen LogP contribution in [0, 0.1) is 0 Å². The summed E-state index contributed by atoms with van der Waals surface area (Å²) in [6.45, 7) is 1.03. The molecule has 14 nitrogen and oxygen atoms in total. The smallest absolute Gasteiger partial charge is 0.278 e. The molecule has 2 atom stereocenters. The molecular formula is C20H26N8O6S2. The molecule has 1 fully saturated rings. The number of nitrogen functional groups attached to an aromatic ring is 1. The Bertz CT molecular complexity index is 1160. The molecule has 3 rings (SSSR count). The van der Waals surface area contributed by atoms with E-state index in [1.54, 1.807) is 12.2 Å². The number of hydrogen-bond donors (Lipinski definition) is 3. The summed E-state index contributed by atoms with van der Waals surface area (Å²) in [5, 5.41) is 17.6. The minimum atomic E-state index is -1.50. The van der Waals surface area contributed by atoms with Crippen molar-refractivity contribution in [2.24, 2.45) is 10.9 Å². The van der Waals surface area contributed by atoms with Gasteiger partial charge in [-0.25, -0.2) is 0 Å². The van der Waals surface area contributed by atoms with Crippen molar-refractivity contribution >= 4 is 57.8 Å². The third-order valence-corrected chi connectivity index (χ3v) is 7.26. The average molecular weight is 539 g/mol. The number of anilines is 1. The highest BCUT2D eigenvalue weighted by Crippen LogP contribution is 2.40.